The molecule has 1 fully saturated rings. The van der Waals surface area contributed by atoms with E-state index in [1.54, 1.807) is 7.05 Å². The van der Waals surface area contributed by atoms with E-state index in [2.05, 4.69) is 34.6 Å². The molecule has 0 radical (unpaired) electrons. The SMILES string of the molecule is CCC(CC)c1cc(CNC(=NC)NCCCOC2CCOC2)on1. The number of ether oxygens (including phenoxy) is 2. The maximum absolute atomic E-state index is 5.75. The lowest BCUT2D eigenvalue weighted by atomic mass is 9.99. The zero-order chi connectivity index (χ0) is 17.9. The Morgan fingerprint density at radius 1 is 1.40 bits per heavy atom. The number of rotatable bonds is 10. The van der Waals surface area contributed by atoms with Crippen LogP contribution in [0.1, 0.15) is 56.9 Å². The van der Waals surface area contributed by atoms with Gasteiger partial charge in [-0.25, -0.2) is 0 Å². The molecule has 0 aliphatic carbocycles. The zero-order valence-electron chi connectivity index (χ0n) is 15.7. The number of aromatic nitrogens is 1. The maximum Gasteiger partial charge on any atom is 0.191 e. The van der Waals surface area contributed by atoms with Crippen LogP contribution in [0, 0.1) is 0 Å². The molecule has 2 N–H and O–H groups in total. The predicted molar refractivity (Wildman–Crippen MR) is 97.8 cm³/mol. The molecule has 0 spiro atoms. The highest BCUT2D eigenvalue weighted by atomic mass is 16.5. The van der Waals surface area contributed by atoms with E-state index in [9.17, 15) is 0 Å². The number of hydrogen-bond acceptors (Lipinski definition) is 5. The summed E-state index contributed by atoms with van der Waals surface area (Å²) in [6, 6.07) is 2.04. The third-order valence-electron chi connectivity index (χ3n) is 4.49. The van der Waals surface area contributed by atoms with Crippen molar-refractivity contribution >= 4 is 5.96 Å². The van der Waals surface area contributed by atoms with Crippen molar-refractivity contribution in [1.82, 2.24) is 15.8 Å². The van der Waals surface area contributed by atoms with Crippen molar-refractivity contribution in [3.05, 3.63) is 17.5 Å². The fourth-order valence-corrected chi connectivity index (χ4v) is 2.88. The highest BCUT2D eigenvalue weighted by Gasteiger charge is 2.15. The third-order valence-corrected chi connectivity index (χ3v) is 4.49. The van der Waals surface area contributed by atoms with Crippen LogP contribution in [0.25, 0.3) is 0 Å². The number of hydrogen-bond donors (Lipinski definition) is 2. The summed E-state index contributed by atoms with van der Waals surface area (Å²) < 4.78 is 16.5. The topological polar surface area (TPSA) is 80.9 Å². The molecular weight excluding hydrogens is 320 g/mol. The van der Waals surface area contributed by atoms with E-state index in [0.717, 1.165) is 69.5 Å². The van der Waals surface area contributed by atoms with E-state index in [1.165, 1.54) is 0 Å². The molecule has 1 aliphatic heterocycles. The van der Waals surface area contributed by atoms with Gasteiger partial charge in [0.25, 0.3) is 0 Å². The summed E-state index contributed by atoms with van der Waals surface area (Å²) in [6.45, 7) is 8.02. The Morgan fingerprint density at radius 3 is 2.92 bits per heavy atom. The molecule has 2 heterocycles. The van der Waals surface area contributed by atoms with Crippen LogP contribution in [0.2, 0.25) is 0 Å². The minimum atomic E-state index is 0.271. The van der Waals surface area contributed by atoms with Gasteiger partial charge in [0.15, 0.2) is 11.7 Å². The van der Waals surface area contributed by atoms with Crippen molar-refractivity contribution in [3.8, 4) is 0 Å². The molecule has 0 bridgehead atoms. The molecule has 2 rings (SSSR count). The smallest absolute Gasteiger partial charge is 0.191 e. The molecule has 7 heteroatoms. The molecule has 1 aromatic rings. The standard InChI is InChI=1S/C18H32N4O3/c1-4-14(5-2)17-11-16(25-22-17)12-21-18(19-3)20-8-6-9-24-15-7-10-23-13-15/h11,14-15H,4-10,12-13H2,1-3H3,(H2,19,20,21). The molecule has 25 heavy (non-hydrogen) atoms. The Balaban J connectivity index is 1.62. The van der Waals surface area contributed by atoms with Crippen molar-refractivity contribution in [2.45, 2.75) is 58.1 Å². The van der Waals surface area contributed by atoms with Gasteiger partial charge in [0.05, 0.1) is 24.9 Å². The first-order chi connectivity index (χ1) is 12.3. The molecule has 0 amide bonds. The molecule has 1 saturated heterocycles. The van der Waals surface area contributed by atoms with Gasteiger partial charge in [-0.3, -0.25) is 4.99 Å². The minimum absolute atomic E-state index is 0.271. The molecule has 1 aromatic heterocycles. The summed E-state index contributed by atoms with van der Waals surface area (Å²) in [5.41, 5.74) is 1.04. The first kappa shape index (κ1) is 19.7. The van der Waals surface area contributed by atoms with Crippen molar-refractivity contribution in [2.75, 3.05) is 33.4 Å². The Bertz CT molecular complexity index is 508. The van der Waals surface area contributed by atoms with Gasteiger partial charge in [0.1, 0.15) is 0 Å². The van der Waals surface area contributed by atoms with E-state index < -0.39 is 0 Å². The lowest BCUT2D eigenvalue weighted by Crippen LogP contribution is -2.37. The Kier molecular flexibility index (Phi) is 8.76. The highest BCUT2D eigenvalue weighted by Crippen LogP contribution is 2.22. The molecular formula is C18H32N4O3. The largest absolute Gasteiger partial charge is 0.379 e. The van der Waals surface area contributed by atoms with E-state index in [-0.39, 0.29) is 6.10 Å². The summed E-state index contributed by atoms with van der Waals surface area (Å²) in [7, 11) is 1.76. The van der Waals surface area contributed by atoms with Gasteiger partial charge >= 0.3 is 0 Å². The summed E-state index contributed by atoms with van der Waals surface area (Å²) in [6.07, 6.45) is 4.36. The lowest BCUT2D eigenvalue weighted by molar-refractivity contribution is 0.0420. The van der Waals surface area contributed by atoms with Gasteiger partial charge in [0.2, 0.25) is 0 Å². The minimum Gasteiger partial charge on any atom is -0.379 e. The van der Waals surface area contributed by atoms with Crippen LogP contribution in [0.3, 0.4) is 0 Å². The van der Waals surface area contributed by atoms with E-state index in [0.29, 0.717) is 12.5 Å². The van der Waals surface area contributed by atoms with Crippen LogP contribution in [-0.2, 0) is 16.0 Å². The van der Waals surface area contributed by atoms with Crippen LogP contribution in [-0.4, -0.2) is 50.6 Å². The highest BCUT2D eigenvalue weighted by molar-refractivity contribution is 5.79. The van der Waals surface area contributed by atoms with Crippen molar-refractivity contribution in [2.24, 2.45) is 4.99 Å². The van der Waals surface area contributed by atoms with Gasteiger partial charge in [-0.05, 0) is 25.7 Å². The van der Waals surface area contributed by atoms with Crippen LogP contribution in [0.4, 0.5) is 0 Å². The van der Waals surface area contributed by atoms with Crippen LogP contribution in [0.15, 0.2) is 15.6 Å². The third kappa shape index (κ3) is 6.66. The first-order valence-corrected chi connectivity index (χ1v) is 9.36. The molecule has 1 atom stereocenters. The predicted octanol–water partition coefficient (Wildman–Crippen LogP) is 2.44. The number of nitrogens with one attached hydrogen (secondary N) is 2. The normalized spacial score (nSPS) is 18.1. The Morgan fingerprint density at radius 2 is 2.24 bits per heavy atom. The molecule has 0 saturated carbocycles. The van der Waals surface area contributed by atoms with Crippen LogP contribution >= 0.6 is 0 Å². The summed E-state index contributed by atoms with van der Waals surface area (Å²) in [5.74, 6) is 2.05. The van der Waals surface area contributed by atoms with Gasteiger partial charge in [-0.1, -0.05) is 19.0 Å². The van der Waals surface area contributed by atoms with Gasteiger partial charge in [-0.2, -0.15) is 0 Å². The van der Waals surface area contributed by atoms with Gasteiger partial charge in [0, 0.05) is 38.8 Å². The van der Waals surface area contributed by atoms with E-state index in [4.69, 9.17) is 14.0 Å². The second-order valence-electron chi connectivity index (χ2n) is 6.29. The van der Waals surface area contributed by atoms with Gasteiger partial charge < -0.3 is 24.6 Å². The summed E-state index contributed by atoms with van der Waals surface area (Å²) >= 11 is 0. The monoisotopic (exact) mass is 352 g/mol. The van der Waals surface area contributed by atoms with Crippen molar-refractivity contribution < 1.29 is 14.0 Å². The van der Waals surface area contributed by atoms with E-state index >= 15 is 0 Å². The fourth-order valence-electron chi connectivity index (χ4n) is 2.88. The van der Waals surface area contributed by atoms with Crippen molar-refractivity contribution in [1.29, 1.82) is 0 Å². The quantitative estimate of drug-likeness (QED) is 0.382. The number of guanidine groups is 1. The Hall–Kier alpha value is -1.60. The van der Waals surface area contributed by atoms with Crippen molar-refractivity contribution in [3.63, 3.8) is 0 Å². The zero-order valence-corrected chi connectivity index (χ0v) is 15.7. The second-order valence-corrected chi connectivity index (χ2v) is 6.29. The maximum atomic E-state index is 5.75. The summed E-state index contributed by atoms with van der Waals surface area (Å²) in [5, 5.41) is 10.7. The average molecular weight is 352 g/mol. The molecule has 1 unspecified atom stereocenters. The first-order valence-electron chi connectivity index (χ1n) is 9.36. The molecule has 142 valence electrons. The molecule has 1 aliphatic rings. The molecule has 7 nitrogen and oxygen atoms in total. The lowest BCUT2D eigenvalue weighted by Gasteiger charge is -2.12. The Labute approximate surface area is 150 Å². The fraction of sp³-hybridized carbons (Fsp3) is 0.778. The van der Waals surface area contributed by atoms with Gasteiger partial charge in [-0.15, -0.1) is 0 Å². The number of nitrogens with zero attached hydrogens (tertiary/aromatic N) is 2. The van der Waals surface area contributed by atoms with Crippen LogP contribution in [0.5, 0.6) is 0 Å². The van der Waals surface area contributed by atoms with E-state index in [1.807, 2.05) is 6.07 Å². The second kappa shape index (κ2) is 11.1. The summed E-state index contributed by atoms with van der Waals surface area (Å²) in [4.78, 5) is 4.22. The average Bonchev–Trinajstić information content (AvgIpc) is 3.30. The molecule has 0 aromatic carbocycles. The van der Waals surface area contributed by atoms with Crippen LogP contribution < -0.4 is 10.6 Å². The number of aliphatic imine (C=N–C) groups is 1.